The summed E-state index contributed by atoms with van der Waals surface area (Å²) in [5, 5.41) is 2.72. The van der Waals surface area contributed by atoms with Crippen LogP contribution in [0, 0.1) is 0 Å². The van der Waals surface area contributed by atoms with E-state index >= 15 is 0 Å². The largest absolute Gasteiger partial charge is 0.466 e. The topological polar surface area (TPSA) is 55.4 Å². The number of carbonyl (C=O) groups is 2. The van der Waals surface area contributed by atoms with E-state index in [4.69, 9.17) is 4.74 Å². The Balaban J connectivity index is 1.93. The van der Waals surface area contributed by atoms with Gasteiger partial charge in [-0.3, -0.25) is 9.59 Å². The molecule has 0 fully saturated rings. The molecule has 4 nitrogen and oxygen atoms in total. The monoisotopic (exact) mass is 247 g/mol. The third-order valence-electron chi connectivity index (χ3n) is 2.99. The molecule has 0 spiro atoms. The molecular weight excluding hydrogens is 230 g/mol. The van der Waals surface area contributed by atoms with Crippen molar-refractivity contribution >= 4 is 17.6 Å². The van der Waals surface area contributed by atoms with Crippen molar-refractivity contribution in [2.24, 2.45) is 0 Å². The Kier molecular flexibility index (Phi) is 3.97. The van der Waals surface area contributed by atoms with Crippen molar-refractivity contribution in [3.05, 3.63) is 29.3 Å². The number of nitrogens with one attached hydrogen (secondary N) is 1. The molecule has 0 saturated heterocycles. The summed E-state index contributed by atoms with van der Waals surface area (Å²) in [6.07, 6.45) is 3.13. The van der Waals surface area contributed by atoms with Gasteiger partial charge in [-0.25, -0.2) is 0 Å². The van der Waals surface area contributed by atoms with E-state index in [1.54, 1.807) is 6.92 Å². The van der Waals surface area contributed by atoms with Gasteiger partial charge in [0.15, 0.2) is 0 Å². The van der Waals surface area contributed by atoms with Crippen LogP contribution in [0.5, 0.6) is 0 Å². The van der Waals surface area contributed by atoms with Crippen molar-refractivity contribution in [1.29, 1.82) is 0 Å². The second-order valence-corrected chi connectivity index (χ2v) is 4.37. The molecule has 2 rings (SSSR count). The van der Waals surface area contributed by atoms with Gasteiger partial charge in [-0.05, 0) is 49.4 Å². The van der Waals surface area contributed by atoms with Gasteiger partial charge >= 0.3 is 5.97 Å². The summed E-state index contributed by atoms with van der Waals surface area (Å²) in [6, 6.07) is 5.92. The average molecular weight is 247 g/mol. The summed E-state index contributed by atoms with van der Waals surface area (Å²) in [5.74, 6) is -0.817. The van der Waals surface area contributed by atoms with Crippen molar-refractivity contribution in [2.45, 2.75) is 32.6 Å². The Labute approximate surface area is 106 Å². The number of fused-ring (bicyclic) bond motifs is 1. The standard InChI is InChI=1S/C14H17NO3/c1-2-18-14(17)9-13(16)15-12-7-6-10-4-3-5-11(10)8-12/h6-8H,2-5,9H2,1H3,(H,15,16). The zero-order chi connectivity index (χ0) is 13.0. The molecule has 1 amide bonds. The minimum absolute atomic E-state index is 0.231. The summed E-state index contributed by atoms with van der Waals surface area (Å²) in [7, 11) is 0. The lowest BCUT2D eigenvalue weighted by Crippen LogP contribution is -2.18. The van der Waals surface area contributed by atoms with Crippen molar-refractivity contribution < 1.29 is 14.3 Å². The molecule has 1 aromatic rings. The zero-order valence-electron chi connectivity index (χ0n) is 10.5. The highest BCUT2D eigenvalue weighted by atomic mass is 16.5. The molecule has 0 saturated carbocycles. The summed E-state index contributed by atoms with van der Waals surface area (Å²) >= 11 is 0. The number of rotatable bonds is 4. The van der Waals surface area contributed by atoms with E-state index < -0.39 is 5.97 Å². The average Bonchev–Trinajstić information content (AvgIpc) is 2.76. The lowest BCUT2D eigenvalue weighted by Gasteiger charge is -2.07. The molecule has 0 bridgehead atoms. The third-order valence-corrected chi connectivity index (χ3v) is 2.99. The van der Waals surface area contributed by atoms with Gasteiger partial charge < -0.3 is 10.1 Å². The number of amides is 1. The minimum atomic E-state index is -0.490. The number of carbonyl (C=O) groups excluding carboxylic acids is 2. The Morgan fingerprint density at radius 1 is 1.28 bits per heavy atom. The van der Waals surface area contributed by atoms with E-state index in [1.807, 2.05) is 18.2 Å². The summed E-state index contributed by atoms with van der Waals surface area (Å²) in [6.45, 7) is 2.02. The second kappa shape index (κ2) is 5.67. The van der Waals surface area contributed by atoms with Gasteiger partial charge in [0.2, 0.25) is 5.91 Å². The van der Waals surface area contributed by atoms with Crippen LogP contribution in [-0.2, 0) is 27.2 Å². The van der Waals surface area contributed by atoms with Gasteiger partial charge in [-0.15, -0.1) is 0 Å². The Morgan fingerprint density at radius 3 is 2.83 bits per heavy atom. The first-order valence-electron chi connectivity index (χ1n) is 6.26. The molecule has 0 atom stereocenters. The smallest absolute Gasteiger partial charge is 0.315 e. The molecule has 0 unspecified atom stereocenters. The Morgan fingerprint density at radius 2 is 2.06 bits per heavy atom. The lowest BCUT2D eigenvalue weighted by molar-refractivity contribution is -0.145. The SMILES string of the molecule is CCOC(=O)CC(=O)Nc1ccc2c(c1)CCC2. The quantitative estimate of drug-likeness (QED) is 0.654. The van der Waals surface area contributed by atoms with Crippen molar-refractivity contribution in [1.82, 2.24) is 0 Å². The van der Waals surface area contributed by atoms with Gasteiger partial charge in [0.1, 0.15) is 6.42 Å². The molecular formula is C14H17NO3. The van der Waals surface area contributed by atoms with E-state index in [0.29, 0.717) is 6.61 Å². The van der Waals surface area contributed by atoms with Crippen LogP contribution >= 0.6 is 0 Å². The number of benzene rings is 1. The molecule has 96 valence electrons. The van der Waals surface area contributed by atoms with Crippen LogP contribution in [0.4, 0.5) is 5.69 Å². The summed E-state index contributed by atoms with van der Waals surface area (Å²) in [5.41, 5.74) is 3.41. The predicted octanol–water partition coefficient (Wildman–Crippen LogP) is 2.07. The van der Waals surface area contributed by atoms with Crippen LogP contribution < -0.4 is 5.32 Å². The molecule has 1 N–H and O–H groups in total. The molecule has 0 heterocycles. The summed E-state index contributed by atoms with van der Waals surface area (Å²) < 4.78 is 4.72. The van der Waals surface area contributed by atoms with Crippen molar-refractivity contribution in [3.8, 4) is 0 Å². The number of aryl methyl sites for hydroxylation is 2. The first kappa shape index (κ1) is 12.6. The fourth-order valence-corrected chi connectivity index (χ4v) is 2.20. The minimum Gasteiger partial charge on any atom is -0.466 e. The van der Waals surface area contributed by atoms with Crippen molar-refractivity contribution in [3.63, 3.8) is 0 Å². The fraction of sp³-hybridized carbons (Fsp3) is 0.429. The predicted molar refractivity (Wildman–Crippen MR) is 68.3 cm³/mol. The van der Waals surface area contributed by atoms with Crippen LogP contribution in [-0.4, -0.2) is 18.5 Å². The number of hydrogen-bond donors (Lipinski definition) is 1. The number of anilines is 1. The van der Waals surface area contributed by atoms with E-state index in [1.165, 1.54) is 17.5 Å². The normalized spacial score (nSPS) is 12.9. The molecule has 18 heavy (non-hydrogen) atoms. The van der Waals surface area contributed by atoms with Crippen molar-refractivity contribution in [2.75, 3.05) is 11.9 Å². The second-order valence-electron chi connectivity index (χ2n) is 4.37. The molecule has 1 aliphatic carbocycles. The van der Waals surface area contributed by atoms with E-state index in [2.05, 4.69) is 5.32 Å². The number of hydrogen-bond acceptors (Lipinski definition) is 3. The maximum absolute atomic E-state index is 11.6. The Hall–Kier alpha value is -1.84. The molecule has 4 heteroatoms. The van der Waals surface area contributed by atoms with E-state index in [9.17, 15) is 9.59 Å². The van der Waals surface area contributed by atoms with Gasteiger partial charge in [0.25, 0.3) is 0 Å². The van der Waals surface area contributed by atoms with Crippen LogP contribution in [0.3, 0.4) is 0 Å². The molecule has 0 radical (unpaired) electrons. The van der Waals surface area contributed by atoms with E-state index in [-0.39, 0.29) is 12.3 Å². The van der Waals surface area contributed by atoms with Crippen LogP contribution in [0.15, 0.2) is 18.2 Å². The van der Waals surface area contributed by atoms with Crippen LogP contribution in [0.25, 0.3) is 0 Å². The molecule has 0 aromatic heterocycles. The zero-order valence-corrected chi connectivity index (χ0v) is 10.5. The first-order valence-corrected chi connectivity index (χ1v) is 6.26. The third kappa shape index (κ3) is 3.09. The molecule has 1 aromatic carbocycles. The van der Waals surface area contributed by atoms with Crippen LogP contribution in [0.2, 0.25) is 0 Å². The Bertz CT molecular complexity index is 468. The number of ether oxygens (including phenoxy) is 1. The van der Waals surface area contributed by atoms with Gasteiger partial charge in [-0.2, -0.15) is 0 Å². The maximum Gasteiger partial charge on any atom is 0.315 e. The van der Waals surface area contributed by atoms with Gasteiger partial charge in [-0.1, -0.05) is 6.07 Å². The lowest BCUT2D eigenvalue weighted by atomic mass is 10.1. The highest BCUT2D eigenvalue weighted by Crippen LogP contribution is 2.24. The first-order chi connectivity index (χ1) is 8.69. The van der Waals surface area contributed by atoms with E-state index in [0.717, 1.165) is 18.5 Å². The molecule has 0 aliphatic heterocycles. The highest BCUT2D eigenvalue weighted by Gasteiger charge is 2.13. The maximum atomic E-state index is 11.6. The number of esters is 1. The highest BCUT2D eigenvalue weighted by molar-refractivity contribution is 6.01. The van der Waals surface area contributed by atoms with Gasteiger partial charge in [0, 0.05) is 5.69 Å². The summed E-state index contributed by atoms with van der Waals surface area (Å²) in [4.78, 5) is 22.7. The van der Waals surface area contributed by atoms with Crippen LogP contribution in [0.1, 0.15) is 30.9 Å². The molecule has 1 aliphatic rings. The fourth-order valence-electron chi connectivity index (χ4n) is 2.20. The van der Waals surface area contributed by atoms with Gasteiger partial charge in [0.05, 0.1) is 6.61 Å².